The molecule has 0 aliphatic heterocycles. The number of likely N-dealkylation sites (N-methyl/N-ethyl adjacent to an activating group) is 1. The van der Waals surface area contributed by atoms with Crippen molar-refractivity contribution in [3.63, 3.8) is 0 Å². The lowest BCUT2D eigenvalue weighted by Crippen LogP contribution is -2.19. The molecule has 0 aliphatic rings. The van der Waals surface area contributed by atoms with Gasteiger partial charge in [0.1, 0.15) is 0 Å². The second-order valence-electron chi connectivity index (χ2n) is 5.38. The van der Waals surface area contributed by atoms with Crippen LogP contribution in [0.15, 0.2) is 47.0 Å². The van der Waals surface area contributed by atoms with Gasteiger partial charge in [-0.2, -0.15) is 4.98 Å². The van der Waals surface area contributed by atoms with Gasteiger partial charge in [-0.05, 0) is 41.5 Å². The number of esters is 1. The molecule has 24 heavy (non-hydrogen) atoms. The second-order valence-corrected chi connectivity index (χ2v) is 5.38. The summed E-state index contributed by atoms with van der Waals surface area (Å²) >= 11 is 0. The molecule has 1 N–H and O–H groups in total. The number of carbonyl (C=O) groups excluding carboxylic acids is 1. The van der Waals surface area contributed by atoms with Crippen LogP contribution in [0.4, 0.5) is 0 Å². The van der Waals surface area contributed by atoms with Crippen LogP contribution in [0.3, 0.4) is 0 Å². The molecule has 3 aromatic rings. The Bertz CT molecular complexity index is 844. The fourth-order valence-corrected chi connectivity index (χ4v) is 2.60. The highest BCUT2D eigenvalue weighted by Gasteiger charge is 2.19. The number of rotatable bonds is 6. The normalized spacial score (nSPS) is 12.2. The summed E-state index contributed by atoms with van der Waals surface area (Å²) in [6.07, 6.45) is 0.487. The number of ether oxygens (including phenoxy) is 1. The van der Waals surface area contributed by atoms with Crippen LogP contribution in [-0.2, 0) is 11.2 Å². The van der Waals surface area contributed by atoms with E-state index >= 15 is 0 Å². The second kappa shape index (κ2) is 7.23. The van der Waals surface area contributed by atoms with Gasteiger partial charge in [0.15, 0.2) is 0 Å². The predicted molar refractivity (Wildman–Crippen MR) is 89.7 cm³/mol. The molecule has 6 heteroatoms. The first-order valence-electron chi connectivity index (χ1n) is 7.87. The Kier molecular flexibility index (Phi) is 4.86. The van der Waals surface area contributed by atoms with E-state index in [1.807, 2.05) is 19.2 Å². The summed E-state index contributed by atoms with van der Waals surface area (Å²) in [5.74, 6) is -0.218. The molecule has 1 atom stereocenters. The van der Waals surface area contributed by atoms with E-state index in [9.17, 15) is 4.79 Å². The Morgan fingerprint density at radius 2 is 2.04 bits per heavy atom. The van der Waals surface area contributed by atoms with Gasteiger partial charge in [0, 0.05) is 12.5 Å². The molecule has 1 unspecified atom stereocenters. The lowest BCUT2D eigenvalue weighted by molar-refractivity contribution is 0.0508. The minimum absolute atomic E-state index is 0.00472. The van der Waals surface area contributed by atoms with Crippen molar-refractivity contribution in [3.8, 4) is 0 Å². The first-order chi connectivity index (χ1) is 11.7. The van der Waals surface area contributed by atoms with Gasteiger partial charge < -0.3 is 14.6 Å². The van der Waals surface area contributed by atoms with Gasteiger partial charge in [-0.25, -0.2) is 4.79 Å². The van der Waals surface area contributed by atoms with Crippen molar-refractivity contribution in [1.82, 2.24) is 15.5 Å². The third kappa shape index (κ3) is 3.44. The Morgan fingerprint density at radius 3 is 2.79 bits per heavy atom. The van der Waals surface area contributed by atoms with Crippen LogP contribution in [0, 0.1) is 0 Å². The molecular formula is C18H19N3O3. The Hall–Kier alpha value is -2.73. The van der Waals surface area contributed by atoms with Gasteiger partial charge in [0.25, 0.3) is 5.82 Å². The zero-order valence-electron chi connectivity index (χ0n) is 13.7. The van der Waals surface area contributed by atoms with Gasteiger partial charge in [-0.3, -0.25) is 0 Å². The topological polar surface area (TPSA) is 77.2 Å². The van der Waals surface area contributed by atoms with E-state index in [1.165, 1.54) is 10.8 Å². The van der Waals surface area contributed by atoms with E-state index in [2.05, 4.69) is 45.8 Å². The van der Waals surface area contributed by atoms with Crippen molar-refractivity contribution >= 4 is 16.7 Å². The average Bonchev–Trinajstić information content (AvgIpc) is 3.08. The van der Waals surface area contributed by atoms with E-state index in [1.54, 1.807) is 6.92 Å². The van der Waals surface area contributed by atoms with Crippen molar-refractivity contribution < 1.29 is 14.1 Å². The first-order valence-corrected chi connectivity index (χ1v) is 7.87. The molecule has 6 nitrogen and oxygen atoms in total. The quantitative estimate of drug-likeness (QED) is 0.702. The number of aromatic nitrogens is 2. The number of nitrogens with zero attached hydrogens (tertiary/aromatic N) is 2. The molecule has 0 saturated carbocycles. The molecular weight excluding hydrogens is 306 g/mol. The Balaban J connectivity index is 1.79. The molecule has 0 amide bonds. The van der Waals surface area contributed by atoms with Crippen LogP contribution in [0.25, 0.3) is 10.8 Å². The minimum atomic E-state index is -0.570. The van der Waals surface area contributed by atoms with Crippen molar-refractivity contribution in [1.29, 1.82) is 0 Å². The third-order valence-electron chi connectivity index (χ3n) is 3.83. The highest BCUT2D eigenvalue weighted by atomic mass is 16.5. The molecule has 0 spiro atoms. The summed E-state index contributed by atoms with van der Waals surface area (Å²) in [6.45, 7) is 2.01. The molecule has 0 saturated heterocycles. The summed E-state index contributed by atoms with van der Waals surface area (Å²) < 4.78 is 10.0. The molecule has 3 rings (SSSR count). The molecule has 1 heterocycles. The number of benzene rings is 2. The van der Waals surface area contributed by atoms with Crippen LogP contribution in [0.1, 0.15) is 35.0 Å². The lowest BCUT2D eigenvalue weighted by Gasteiger charge is -2.15. The summed E-state index contributed by atoms with van der Waals surface area (Å²) in [6, 6.07) is 14.5. The van der Waals surface area contributed by atoms with Crippen LogP contribution in [0.2, 0.25) is 0 Å². The van der Waals surface area contributed by atoms with Crippen molar-refractivity contribution in [2.24, 2.45) is 0 Å². The number of hydrogen-bond acceptors (Lipinski definition) is 6. The standard InChI is InChI=1S/C18H19N3O3/c1-3-23-18(22)17-20-16(24-21-17)11-15(19-2)14-9-8-12-6-4-5-7-13(12)10-14/h4-10,15,19H,3,11H2,1-2H3. The van der Waals surface area contributed by atoms with Crippen molar-refractivity contribution in [2.75, 3.05) is 13.7 Å². The van der Waals surface area contributed by atoms with Gasteiger partial charge in [0.05, 0.1) is 6.61 Å². The van der Waals surface area contributed by atoms with E-state index < -0.39 is 5.97 Å². The molecule has 1 aromatic heterocycles. The maximum Gasteiger partial charge on any atom is 0.379 e. The summed E-state index contributed by atoms with van der Waals surface area (Å²) in [5, 5.41) is 9.30. The molecule has 0 aliphatic carbocycles. The Morgan fingerprint density at radius 1 is 1.25 bits per heavy atom. The average molecular weight is 325 g/mol. The van der Waals surface area contributed by atoms with Crippen LogP contribution in [0.5, 0.6) is 0 Å². The highest BCUT2D eigenvalue weighted by Crippen LogP contribution is 2.22. The summed E-state index contributed by atoms with van der Waals surface area (Å²) in [4.78, 5) is 15.7. The highest BCUT2D eigenvalue weighted by molar-refractivity contribution is 5.85. The van der Waals surface area contributed by atoms with Gasteiger partial charge in [-0.15, -0.1) is 0 Å². The van der Waals surface area contributed by atoms with Crippen molar-refractivity contribution in [3.05, 3.63) is 59.7 Å². The number of nitrogens with one attached hydrogen (secondary N) is 1. The Labute approximate surface area is 139 Å². The maximum atomic E-state index is 11.6. The largest absolute Gasteiger partial charge is 0.460 e. The monoisotopic (exact) mass is 325 g/mol. The third-order valence-corrected chi connectivity index (χ3v) is 3.83. The molecule has 124 valence electrons. The van der Waals surface area contributed by atoms with Gasteiger partial charge >= 0.3 is 5.97 Å². The van der Waals surface area contributed by atoms with E-state index in [0.29, 0.717) is 12.3 Å². The first kappa shape index (κ1) is 16.1. The van der Waals surface area contributed by atoms with Crippen LogP contribution in [-0.4, -0.2) is 29.8 Å². The summed E-state index contributed by atoms with van der Waals surface area (Å²) in [7, 11) is 1.88. The van der Waals surface area contributed by atoms with E-state index in [-0.39, 0.29) is 18.5 Å². The molecule has 2 aromatic carbocycles. The van der Waals surface area contributed by atoms with E-state index in [4.69, 9.17) is 9.26 Å². The molecule has 0 radical (unpaired) electrons. The summed E-state index contributed by atoms with van der Waals surface area (Å²) in [5.41, 5.74) is 1.12. The number of hydrogen-bond donors (Lipinski definition) is 1. The van der Waals surface area contributed by atoms with E-state index in [0.717, 1.165) is 5.56 Å². The molecule has 0 bridgehead atoms. The molecule has 0 fully saturated rings. The van der Waals surface area contributed by atoms with Gasteiger partial charge in [0.2, 0.25) is 5.89 Å². The smallest absolute Gasteiger partial charge is 0.379 e. The van der Waals surface area contributed by atoms with Crippen molar-refractivity contribution in [2.45, 2.75) is 19.4 Å². The fourth-order valence-electron chi connectivity index (χ4n) is 2.60. The number of fused-ring (bicyclic) bond motifs is 1. The van der Waals surface area contributed by atoms with Crippen LogP contribution >= 0.6 is 0 Å². The maximum absolute atomic E-state index is 11.6. The number of carbonyl (C=O) groups is 1. The zero-order valence-corrected chi connectivity index (χ0v) is 13.7. The fraction of sp³-hybridized carbons (Fsp3) is 0.278. The van der Waals surface area contributed by atoms with Gasteiger partial charge in [-0.1, -0.05) is 36.4 Å². The predicted octanol–water partition coefficient (Wildman–Crippen LogP) is 2.90. The van der Waals surface area contributed by atoms with Crippen LogP contribution < -0.4 is 5.32 Å². The SMILES string of the molecule is CCOC(=O)c1noc(CC(NC)c2ccc3ccccc3c2)n1. The lowest BCUT2D eigenvalue weighted by atomic mass is 10.00. The zero-order chi connectivity index (χ0) is 16.9. The minimum Gasteiger partial charge on any atom is -0.460 e.